The molecule has 3 aliphatic rings. The summed E-state index contributed by atoms with van der Waals surface area (Å²) in [6.45, 7) is 2.80. The first-order valence-electron chi connectivity index (χ1n) is 11.7. The second-order valence-corrected chi connectivity index (χ2v) is 9.80. The van der Waals surface area contributed by atoms with Crippen LogP contribution in [0.2, 0.25) is 0 Å². The first-order chi connectivity index (χ1) is 16.9. The highest BCUT2D eigenvalue weighted by molar-refractivity contribution is 6.30. The van der Waals surface area contributed by atoms with Gasteiger partial charge in [-0.2, -0.15) is 0 Å². The highest BCUT2D eigenvalue weighted by atomic mass is 16.7. The fraction of sp³-hybridized carbons (Fsp3) is 0.423. The predicted octanol–water partition coefficient (Wildman–Crippen LogP) is 1.02. The summed E-state index contributed by atoms with van der Waals surface area (Å²) in [5, 5.41) is 43.8. The molecule has 2 aliphatic carbocycles. The van der Waals surface area contributed by atoms with E-state index >= 15 is 0 Å². The normalized spacial score (nSPS) is 31.4. The summed E-state index contributed by atoms with van der Waals surface area (Å²) in [5.74, 6) is -3.06. The Balaban J connectivity index is 1.66. The molecule has 0 radical (unpaired) electrons. The number of aliphatic hydroxyl groups excluding tert-OH is 1. The van der Waals surface area contributed by atoms with Gasteiger partial charge in [0.2, 0.25) is 0 Å². The van der Waals surface area contributed by atoms with Crippen molar-refractivity contribution in [1.29, 1.82) is 0 Å². The van der Waals surface area contributed by atoms with Gasteiger partial charge in [-0.3, -0.25) is 14.4 Å². The minimum Gasteiger partial charge on any atom is -0.507 e. The molecule has 0 saturated carbocycles. The Kier molecular flexibility index (Phi) is 5.77. The molecule has 0 spiro atoms. The van der Waals surface area contributed by atoms with Crippen LogP contribution in [0.25, 0.3) is 0 Å². The van der Waals surface area contributed by atoms with Crippen LogP contribution in [0.5, 0.6) is 11.5 Å². The summed E-state index contributed by atoms with van der Waals surface area (Å²) in [6.07, 6.45) is -4.38. The fourth-order valence-electron chi connectivity index (χ4n) is 5.42. The van der Waals surface area contributed by atoms with Gasteiger partial charge in [0, 0.05) is 47.6 Å². The maximum absolute atomic E-state index is 13.3. The molecular weight excluding hydrogens is 470 g/mol. The second kappa shape index (κ2) is 8.46. The minimum absolute atomic E-state index is 0.00588. The molecule has 5 rings (SSSR count). The van der Waals surface area contributed by atoms with Crippen LogP contribution < -0.4 is 5.73 Å². The monoisotopic (exact) mass is 497 g/mol. The zero-order valence-electron chi connectivity index (χ0n) is 19.7. The third-order valence-electron chi connectivity index (χ3n) is 7.50. The molecule has 10 nitrogen and oxygen atoms in total. The number of carbonyl (C=O) groups excluding carboxylic acids is 3. The molecule has 1 fully saturated rings. The number of hydrogen-bond acceptors (Lipinski definition) is 10. The molecule has 2 aromatic rings. The maximum atomic E-state index is 13.3. The Morgan fingerprint density at radius 1 is 1.11 bits per heavy atom. The summed E-state index contributed by atoms with van der Waals surface area (Å²) in [5.41, 5.74) is 3.38. The van der Waals surface area contributed by atoms with Gasteiger partial charge >= 0.3 is 0 Å². The van der Waals surface area contributed by atoms with Crippen molar-refractivity contribution < 1.29 is 44.3 Å². The molecule has 0 aromatic heterocycles. The van der Waals surface area contributed by atoms with Crippen LogP contribution in [0.4, 0.5) is 0 Å². The second-order valence-electron chi connectivity index (χ2n) is 9.80. The summed E-state index contributed by atoms with van der Waals surface area (Å²) in [7, 11) is 0. The molecule has 0 amide bonds. The quantitative estimate of drug-likeness (QED) is 0.328. The third kappa shape index (κ3) is 3.56. The highest BCUT2D eigenvalue weighted by Crippen LogP contribution is 2.51. The Morgan fingerprint density at radius 3 is 2.25 bits per heavy atom. The highest BCUT2D eigenvalue weighted by Gasteiger charge is 2.49. The maximum Gasteiger partial charge on any atom is 0.198 e. The van der Waals surface area contributed by atoms with E-state index in [9.17, 15) is 34.8 Å². The zero-order valence-corrected chi connectivity index (χ0v) is 19.7. The zero-order chi connectivity index (χ0) is 26.1. The van der Waals surface area contributed by atoms with Gasteiger partial charge in [-0.15, -0.1) is 0 Å². The van der Waals surface area contributed by atoms with Gasteiger partial charge in [0.1, 0.15) is 17.1 Å². The predicted molar refractivity (Wildman–Crippen MR) is 124 cm³/mol. The number of nitrogens with two attached hydrogens (primary N) is 1. The van der Waals surface area contributed by atoms with E-state index in [1.807, 2.05) is 0 Å². The number of ketones is 3. The molecule has 6 atom stereocenters. The van der Waals surface area contributed by atoms with Gasteiger partial charge in [-0.1, -0.05) is 24.3 Å². The van der Waals surface area contributed by atoms with Gasteiger partial charge in [-0.25, -0.2) is 0 Å². The number of aliphatic hydroxyl groups is 2. The molecule has 0 bridgehead atoms. The molecule has 2 aromatic carbocycles. The Bertz CT molecular complexity index is 1290. The standard InChI is InChI=1S/C26H27NO9/c1-10-21(29)15(27)7-17(35-10)36-16-9-26(34,11(2)28)8-14-18(16)25(33)20-19(24(14)32)22(30)12-5-3-4-6-13(12)23(20)31/h3-6,10,15-17,21,29,32-34H,7-9,27H2,1-2H3/t10?,15?,16-,17?,21?,26?/m0/s1. The summed E-state index contributed by atoms with van der Waals surface area (Å²) in [4.78, 5) is 39.0. The Labute approximate surface area is 206 Å². The third-order valence-corrected chi connectivity index (χ3v) is 7.50. The average molecular weight is 498 g/mol. The average Bonchev–Trinajstić information content (AvgIpc) is 2.82. The smallest absolute Gasteiger partial charge is 0.198 e. The van der Waals surface area contributed by atoms with Crippen LogP contribution in [0.1, 0.15) is 75.8 Å². The number of benzene rings is 2. The number of Topliss-reactive ketones (excluding diaryl/α,β-unsaturated/α-hetero) is 1. The number of hydrogen-bond donors (Lipinski definition) is 5. The Morgan fingerprint density at radius 2 is 1.69 bits per heavy atom. The number of fused-ring (bicyclic) bond motifs is 3. The minimum atomic E-state index is -1.97. The molecule has 10 heteroatoms. The number of phenols is 2. The lowest BCUT2D eigenvalue weighted by Gasteiger charge is -2.42. The van der Waals surface area contributed by atoms with Crippen molar-refractivity contribution in [3.8, 4) is 11.5 Å². The van der Waals surface area contributed by atoms with Crippen molar-refractivity contribution in [3.63, 3.8) is 0 Å². The molecule has 36 heavy (non-hydrogen) atoms. The SMILES string of the molecule is CC(=O)C1(O)Cc2c(O)c3c(c(O)c2[C@@H](OC2CC(N)C(O)C(C)O2)C1)C(=O)c1ccccc1C3=O. The van der Waals surface area contributed by atoms with Gasteiger partial charge in [0.25, 0.3) is 0 Å². The summed E-state index contributed by atoms with van der Waals surface area (Å²) < 4.78 is 11.8. The molecule has 6 N–H and O–H groups in total. The molecular formula is C26H27NO9. The lowest BCUT2D eigenvalue weighted by Crippen LogP contribution is -2.52. The first kappa shape index (κ1) is 24.5. The number of phenolic OH excluding ortho intramolecular Hbond substituents is 2. The largest absolute Gasteiger partial charge is 0.507 e. The number of aromatic hydroxyl groups is 2. The van der Waals surface area contributed by atoms with Crippen LogP contribution in [0.3, 0.4) is 0 Å². The van der Waals surface area contributed by atoms with Gasteiger partial charge in [-0.05, 0) is 13.8 Å². The van der Waals surface area contributed by atoms with Crippen molar-refractivity contribution in [2.45, 2.75) is 69.4 Å². The topological polar surface area (TPSA) is 177 Å². The molecule has 190 valence electrons. The van der Waals surface area contributed by atoms with Crippen molar-refractivity contribution in [1.82, 2.24) is 0 Å². The first-order valence-corrected chi connectivity index (χ1v) is 11.7. The van der Waals surface area contributed by atoms with E-state index in [1.54, 1.807) is 19.1 Å². The van der Waals surface area contributed by atoms with Gasteiger partial charge < -0.3 is 35.6 Å². The fourth-order valence-corrected chi connectivity index (χ4v) is 5.42. The van der Waals surface area contributed by atoms with Crippen LogP contribution in [0, 0.1) is 0 Å². The van der Waals surface area contributed by atoms with Crippen molar-refractivity contribution in [2.24, 2.45) is 5.73 Å². The van der Waals surface area contributed by atoms with E-state index in [2.05, 4.69) is 0 Å². The van der Waals surface area contributed by atoms with Crippen LogP contribution in [-0.2, 0) is 20.7 Å². The van der Waals surface area contributed by atoms with Gasteiger partial charge in [0.15, 0.2) is 23.6 Å². The van der Waals surface area contributed by atoms with E-state index in [-0.39, 0.29) is 46.2 Å². The van der Waals surface area contributed by atoms with E-state index in [1.165, 1.54) is 19.1 Å². The lowest BCUT2D eigenvalue weighted by atomic mass is 9.72. The van der Waals surface area contributed by atoms with Crippen LogP contribution in [-0.4, -0.2) is 67.9 Å². The molecule has 1 aliphatic heterocycles. The van der Waals surface area contributed by atoms with Crippen molar-refractivity contribution >= 4 is 17.3 Å². The van der Waals surface area contributed by atoms with E-state index in [0.717, 1.165) is 0 Å². The van der Waals surface area contributed by atoms with Crippen LogP contribution in [0.15, 0.2) is 24.3 Å². The number of rotatable bonds is 3. The van der Waals surface area contributed by atoms with E-state index < -0.39 is 71.5 Å². The summed E-state index contributed by atoms with van der Waals surface area (Å²) >= 11 is 0. The van der Waals surface area contributed by atoms with Gasteiger partial charge in [0.05, 0.1) is 29.4 Å². The van der Waals surface area contributed by atoms with Crippen LogP contribution >= 0.6 is 0 Å². The number of ether oxygens (including phenoxy) is 2. The van der Waals surface area contributed by atoms with E-state index in [4.69, 9.17) is 15.2 Å². The molecule has 5 unspecified atom stereocenters. The van der Waals surface area contributed by atoms with Crippen molar-refractivity contribution in [3.05, 3.63) is 57.6 Å². The van der Waals surface area contributed by atoms with Crippen molar-refractivity contribution in [2.75, 3.05) is 0 Å². The number of carbonyl (C=O) groups is 3. The Hall–Kier alpha value is -3.15. The molecule has 1 saturated heterocycles. The summed E-state index contributed by atoms with van der Waals surface area (Å²) in [6, 6.07) is 5.40. The molecule has 1 heterocycles. The lowest BCUT2D eigenvalue weighted by molar-refractivity contribution is -0.247. The van der Waals surface area contributed by atoms with E-state index in [0.29, 0.717) is 0 Å².